The maximum atomic E-state index is 13.2. The minimum atomic E-state index is -0.845. The first-order valence-electron chi connectivity index (χ1n) is 4.01. The molecule has 0 aliphatic carbocycles. The number of H-pyrrole nitrogens is 2. The molecule has 0 unspecified atom stereocenters. The van der Waals surface area contributed by atoms with Crippen LogP contribution in [0.5, 0.6) is 0 Å². The van der Waals surface area contributed by atoms with Crippen molar-refractivity contribution in [2.24, 2.45) is 0 Å². The summed E-state index contributed by atoms with van der Waals surface area (Å²) in [6.45, 7) is 1.72. The summed E-state index contributed by atoms with van der Waals surface area (Å²) < 4.78 is 13.2. The Labute approximate surface area is 77.4 Å². The van der Waals surface area contributed by atoms with E-state index in [2.05, 4.69) is 9.97 Å². The molecule has 2 rings (SSSR count). The van der Waals surface area contributed by atoms with Crippen LogP contribution in [0, 0.1) is 12.7 Å². The summed E-state index contributed by atoms with van der Waals surface area (Å²) >= 11 is 0. The zero-order valence-electron chi connectivity index (χ0n) is 7.35. The molecule has 1 aromatic heterocycles. The van der Waals surface area contributed by atoms with Crippen LogP contribution in [0.2, 0.25) is 0 Å². The van der Waals surface area contributed by atoms with Crippen molar-refractivity contribution in [2.75, 3.05) is 0 Å². The van der Waals surface area contributed by atoms with Crippen molar-refractivity contribution in [1.29, 1.82) is 0 Å². The molecule has 0 amide bonds. The van der Waals surface area contributed by atoms with E-state index in [4.69, 9.17) is 0 Å². The first-order valence-corrected chi connectivity index (χ1v) is 4.01. The van der Waals surface area contributed by atoms with Gasteiger partial charge in [0.1, 0.15) is 11.3 Å². The Balaban J connectivity index is 3.09. The van der Waals surface area contributed by atoms with Crippen molar-refractivity contribution < 1.29 is 4.39 Å². The van der Waals surface area contributed by atoms with E-state index in [9.17, 15) is 14.0 Å². The van der Waals surface area contributed by atoms with Gasteiger partial charge in [-0.15, -0.1) is 0 Å². The van der Waals surface area contributed by atoms with Gasteiger partial charge in [-0.3, -0.25) is 9.59 Å². The number of fused-ring (bicyclic) bond motifs is 1. The summed E-state index contributed by atoms with van der Waals surface area (Å²) in [7, 11) is 0. The molecule has 0 aliphatic rings. The van der Waals surface area contributed by atoms with Crippen molar-refractivity contribution in [3.05, 3.63) is 44.2 Å². The van der Waals surface area contributed by atoms with Gasteiger partial charge in [-0.1, -0.05) is 6.07 Å². The Morgan fingerprint density at radius 2 is 1.64 bits per heavy atom. The third kappa shape index (κ3) is 1.14. The molecular formula is C9H7FN2O2. The number of nitrogens with one attached hydrogen (secondary N) is 2. The van der Waals surface area contributed by atoms with Gasteiger partial charge in [-0.05, 0) is 18.6 Å². The fraction of sp³-hybridized carbons (Fsp3) is 0.111. The number of hydrogen-bond donors (Lipinski definition) is 2. The molecule has 1 aromatic carbocycles. The van der Waals surface area contributed by atoms with Crippen molar-refractivity contribution in [2.45, 2.75) is 6.92 Å². The smallest absolute Gasteiger partial charge is 0.314 e. The minimum absolute atomic E-state index is 0.0367. The van der Waals surface area contributed by atoms with Crippen LogP contribution in [0.1, 0.15) is 5.56 Å². The molecule has 0 aliphatic heterocycles. The average molecular weight is 194 g/mol. The molecule has 4 nitrogen and oxygen atoms in total. The van der Waals surface area contributed by atoms with Gasteiger partial charge in [0.05, 0.1) is 5.52 Å². The van der Waals surface area contributed by atoms with Crippen LogP contribution in [0.3, 0.4) is 0 Å². The van der Waals surface area contributed by atoms with Crippen molar-refractivity contribution >= 4 is 11.0 Å². The van der Waals surface area contributed by atoms with Gasteiger partial charge in [0.25, 0.3) is 0 Å². The molecule has 2 aromatic rings. The molecular weight excluding hydrogens is 187 g/mol. The zero-order chi connectivity index (χ0) is 10.3. The SMILES string of the molecule is Cc1ccc(F)c2[nH]c(=O)c(=O)[nH]c12. The van der Waals surface area contributed by atoms with E-state index in [0.29, 0.717) is 11.1 Å². The van der Waals surface area contributed by atoms with Gasteiger partial charge in [0.15, 0.2) is 0 Å². The molecule has 72 valence electrons. The third-order valence-electron chi connectivity index (χ3n) is 2.05. The molecule has 2 N–H and O–H groups in total. The number of aromatic amines is 2. The van der Waals surface area contributed by atoms with Gasteiger partial charge in [0.2, 0.25) is 0 Å². The Morgan fingerprint density at radius 3 is 2.29 bits per heavy atom. The van der Waals surface area contributed by atoms with E-state index in [1.54, 1.807) is 6.92 Å². The van der Waals surface area contributed by atoms with Crippen LogP contribution in [0.4, 0.5) is 4.39 Å². The van der Waals surface area contributed by atoms with E-state index < -0.39 is 16.9 Å². The maximum absolute atomic E-state index is 13.2. The average Bonchev–Trinajstić information content (AvgIpc) is 2.15. The van der Waals surface area contributed by atoms with E-state index >= 15 is 0 Å². The lowest BCUT2D eigenvalue weighted by Gasteiger charge is -2.01. The zero-order valence-corrected chi connectivity index (χ0v) is 7.35. The largest absolute Gasteiger partial charge is 0.316 e. The second-order valence-corrected chi connectivity index (χ2v) is 3.02. The van der Waals surface area contributed by atoms with Gasteiger partial charge in [-0.2, -0.15) is 0 Å². The molecule has 1 heterocycles. The molecule has 0 saturated heterocycles. The molecule has 0 spiro atoms. The van der Waals surface area contributed by atoms with Crippen molar-refractivity contribution in [3.63, 3.8) is 0 Å². The predicted molar refractivity (Wildman–Crippen MR) is 49.9 cm³/mol. The van der Waals surface area contributed by atoms with Crippen LogP contribution >= 0.6 is 0 Å². The van der Waals surface area contributed by atoms with Crippen molar-refractivity contribution in [3.8, 4) is 0 Å². The topological polar surface area (TPSA) is 65.7 Å². The first-order chi connectivity index (χ1) is 6.59. The molecule has 0 fully saturated rings. The molecule has 0 saturated carbocycles. The van der Waals surface area contributed by atoms with Gasteiger partial charge in [0, 0.05) is 0 Å². The highest BCUT2D eigenvalue weighted by atomic mass is 19.1. The number of aryl methyl sites for hydroxylation is 1. The molecule has 5 heteroatoms. The Morgan fingerprint density at radius 1 is 1.07 bits per heavy atom. The normalized spacial score (nSPS) is 10.7. The number of halogens is 1. The Kier molecular flexibility index (Phi) is 1.73. The summed E-state index contributed by atoms with van der Waals surface area (Å²) in [5.41, 5.74) is -0.549. The van der Waals surface area contributed by atoms with E-state index in [1.165, 1.54) is 12.1 Å². The summed E-state index contributed by atoms with van der Waals surface area (Å²) in [5, 5.41) is 0. The highest BCUT2D eigenvalue weighted by Gasteiger charge is 2.06. The lowest BCUT2D eigenvalue weighted by atomic mass is 10.2. The highest BCUT2D eigenvalue weighted by Crippen LogP contribution is 2.14. The van der Waals surface area contributed by atoms with Gasteiger partial charge < -0.3 is 9.97 Å². The summed E-state index contributed by atoms with van der Waals surface area (Å²) in [5.74, 6) is -0.557. The molecule has 0 atom stereocenters. The number of benzene rings is 1. The highest BCUT2D eigenvalue weighted by molar-refractivity contribution is 5.77. The third-order valence-corrected chi connectivity index (χ3v) is 2.05. The second kappa shape index (κ2) is 2.80. The van der Waals surface area contributed by atoms with Gasteiger partial charge >= 0.3 is 11.1 Å². The Bertz CT molecular complexity index is 558. The van der Waals surface area contributed by atoms with Crippen LogP contribution in [-0.4, -0.2) is 9.97 Å². The monoisotopic (exact) mass is 194 g/mol. The van der Waals surface area contributed by atoms with Crippen LogP contribution in [-0.2, 0) is 0 Å². The van der Waals surface area contributed by atoms with Crippen LogP contribution in [0.25, 0.3) is 11.0 Å². The summed E-state index contributed by atoms with van der Waals surface area (Å²) in [6.07, 6.45) is 0. The number of aromatic nitrogens is 2. The second-order valence-electron chi connectivity index (χ2n) is 3.02. The first kappa shape index (κ1) is 8.68. The number of rotatable bonds is 0. The van der Waals surface area contributed by atoms with E-state index in [-0.39, 0.29) is 5.52 Å². The van der Waals surface area contributed by atoms with Crippen LogP contribution in [0.15, 0.2) is 21.7 Å². The fourth-order valence-electron chi connectivity index (χ4n) is 1.31. The van der Waals surface area contributed by atoms with Crippen molar-refractivity contribution in [1.82, 2.24) is 9.97 Å². The lowest BCUT2D eigenvalue weighted by Crippen LogP contribution is -2.29. The molecule has 0 bridgehead atoms. The fourth-order valence-corrected chi connectivity index (χ4v) is 1.31. The number of hydrogen-bond acceptors (Lipinski definition) is 2. The predicted octanol–water partition coefficient (Wildman–Crippen LogP) is 0.664. The van der Waals surface area contributed by atoms with E-state index in [1.807, 2.05) is 0 Å². The van der Waals surface area contributed by atoms with Crippen LogP contribution < -0.4 is 11.1 Å². The lowest BCUT2D eigenvalue weighted by molar-refractivity contribution is 0.635. The maximum Gasteiger partial charge on any atom is 0.314 e. The summed E-state index contributed by atoms with van der Waals surface area (Å²) in [6, 6.07) is 2.78. The molecule has 0 radical (unpaired) electrons. The minimum Gasteiger partial charge on any atom is -0.316 e. The standard InChI is InChI=1S/C9H7FN2O2/c1-4-2-3-5(10)7-6(4)11-8(13)9(14)12-7/h2-3H,1H3,(H,11,13)(H,12,14). The Hall–Kier alpha value is -1.91. The molecule has 14 heavy (non-hydrogen) atoms. The quantitative estimate of drug-likeness (QED) is 0.605. The summed E-state index contributed by atoms with van der Waals surface area (Å²) in [4.78, 5) is 26.4. The van der Waals surface area contributed by atoms with Gasteiger partial charge in [-0.25, -0.2) is 4.39 Å². The van der Waals surface area contributed by atoms with E-state index in [0.717, 1.165) is 0 Å².